The van der Waals surface area contributed by atoms with Crippen molar-refractivity contribution in [2.75, 3.05) is 0 Å². The van der Waals surface area contributed by atoms with E-state index < -0.39 is 10.4 Å². The monoisotopic (exact) mass is 314 g/mol. The van der Waals surface area contributed by atoms with Gasteiger partial charge in [-0.1, -0.05) is 18.2 Å². The predicted octanol–water partition coefficient (Wildman–Crippen LogP) is 0.712. The van der Waals surface area contributed by atoms with E-state index in [1.807, 2.05) is 0 Å². The van der Waals surface area contributed by atoms with Crippen LogP contribution in [-0.2, 0) is 10.4 Å². The van der Waals surface area contributed by atoms with Gasteiger partial charge in [0.05, 0.1) is 0 Å². The number of benzene rings is 1. The molecule has 1 aromatic carbocycles. The standard InChI is InChI=1S/C6H6O4S.Ba.2H/c7-11(8,9)10-6-4-2-1-3-5-6;;;/h1-5H,(H,7,8,9);;;/q;+2;2*-1. The SMILES string of the molecule is O=S(=O)(O)Oc1ccccc1.[Ba+2].[H-].[H-]. The molecule has 1 N–H and O–H groups in total. The Hall–Kier alpha value is 0.501. The molecule has 0 aliphatic rings. The molecule has 0 atom stereocenters. The van der Waals surface area contributed by atoms with Crippen LogP contribution in [0.5, 0.6) is 5.75 Å². The van der Waals surface area contributed by atoms with Crippen LogP contribution in [0.2, 0.25) is 0 Å². The van der Waals surface area contributed by atoms with Crippen LogP contribution in [0.15, 0.2) is 30.3 Å². The van der Waals surface area contributed by atoms with Crippen LogP contribution in [-0.4, -0.2) is 61.9 Å². The quantitative estimate of drug-likeness (QED) is 0.645. The third-order valence-electron chi connectivity index (χ3n) is 0.945. The van der Waals surface area contributed by atoms with Gasteiger partial charge in [-0.25, -0.2) is 0 Å². The van der Waals surface area contributed by atoms with Gasteiger partial charge in [0, 0.05) is 0 Å². The summed E-state index contributed by atoms with van der Waals surface area (Å²) >= 11 is 0. The molecular formula is C6H8BaO4S. The van der Waals surface area contributed by atoms with E-state index in [9.17, 15) is 8.42 Å². The van der Waals surface area contributed by atoms with Crippen LogP contribution in [0, 0.1) is 0 Å². The first-order valence-corrected chi connectivity index (χ1v) is 4.16. The summed E-state index contributed by atoms with van der Waals surface area (Å²) in [5, 5.41) is 0. The average Bonchev–Trinajstić information content (AvgIpc) is 1.85. The second-order valence-electron chi connectivity index (χ2n) is 1.82. The van der Waals surface area contributed by atoms with E-state index in [0.717, 1.165) is 0 Å². The molecule has 4 nitrogen and oxygen atoms in total. The van der Waals surface area contributed by atoms with Crippen molar-refractivity contribution in [3.63, 3.8) is 0 Å². The summed E-state index contributed by atoms with van der Waals surface area (Å²) in [5.41, 5.74) is 0. The van der Waals surface area contributed by atoms with E-state index in [4.69, 9.17) is 4.55 Å². The fraction of sp³-hybridized carbons (Fsp3) is 0. The molecule has 0 saturated carbocycles. The topological polar surface area (TPSA) is 63.6 Å². The van der Waals surface area contributed by atoms with Gasteiger partial charge in [0.1, 0.15) is 5.75 Å². The Kier molecular flexibility index (Phi) is 5.50. The molecule has 1 aromatic rings. The zero-order valence-corrected chi connectivity index (χ0v) is 11.4. The van der Waals surface area contributed by atoms with Gasteiger partial charge in [-0.3, -0.25) is 4.55 Å². The molecule has 12 heavy (non-hydrogen) atoms. The van der Waals surface area contributed by atoms with Gasteiger partial charge < -0.3 is 7.04 Å². The van der Waals surface area contributed by atoms with Crippen LogP contribution in [0.4, 0.5) is 0 Å². The third-order valence-corrected chi connectivity index (χ3v) is 1.35. The molecule has 0 unspecified atom stereocenters. The van der Waals surface area contributed by atoms with Crippen molar-refractivity contribution in [3.8, 4) is 5.75 Å². The maximum atomic E-state index is 10.1. The summed E-state index contributed by atoms with van der Waals surface area (Å²) in [7, 11) is -4.38. The van der Waals surface area contributed by atoms with Gasteiger partial charge in [0.15, 0.2) is 0 Å². The van der Waals surface area contributed by atoms with Crippen molar-refractivity contribution in [1.29, 1.82) is 0 Å². The second-order valence-corrected chi connectivity index (χ2v) is 2.85. The van der Waals surface area contributed by atoms with Crippen LogP contribution in [0.25, 0.3) is 0 Å². The summed E-state index contributed by atoms with van der Waals surface area (Å²) in [4.78, 5) is 0. The number of para-hydroxylation sites is 1. The van der Waals surface area contributed by atoms with Crippen LogP contribution in [0.3, 0.4) is 0 Å². The van der Waals surface area contributed by atoms with Gasteiger partial charge in [0.2, 0.25) is 0 Å². The minimum atomic E-state index is -4.38. The fourth-order valence-electron chi connectivity index (χ4n) is 0.598. The molecule has 0 aliphatic carbocycles. The minimum absolute atomic E-state index is 0. The zero-order valence-electron chi connectivity index (χ0n) is 8.17. The Morgan fingerprint density at radius 3 is 2.17 bits per heavy atom. The number of hydrogen-bond donors (Lipinski definition) is 1. The maximum absolute atomic E-state index is 10.1. The third kappa shape index (κ3) is 5.20. The largest absolute Gasteiger partial charge is 2.00 e. The van der Waals surface area contributed by atoms with Crippen molar-refractivity contribution in [2.24, 2.45) is 0 Å². The van der Waals surface area contributed by atoms with Gasteiger partial charge in [-0.15, -0.1) is 0 Å². The second kappa shape index (κ2) is 5.28. The first-order valence-electron chi connectivity index (χ1n) is 2.80. The molecule has 1 rings (SSSR count). The molecule has 0 bridgehead atoms. The van der Waals surface area contributed by atoms with Crippen molar-refractivity contribution >= 4 is 59.3 Å². The zero-order chi connectivity index (χ0) is 8.32. The van der Waals surface area contributed by atoms with E-state index >= 15 is 0 Å². The van der Waals surface area contributed by atoms with Crippen LogP contribution >= 0.6 is 0 Å². The molecular weight excluding hydrogens is 305 g/mol. The van der Waals surface area contributed by atoms with Crippen LogP contribution < -0.4 is 4.18 Å². The first kappa shape index (κ1) is 12.5. The Morgan fingerprint density at radius 1 is 1.25 bits per heavy atom. The molecule has 0 aliphatic heterocycles. The van der Waals surface area contributed by atoms with Gasteiger partial charge >= 0.3 is 59.3 Å². The Bertz CT molecular complexity index is 329. The van der Waals surface area contributed by atoms with Gasteiger partial charge in [-0.2, -0.15) is 8.42 Å². The van der Waals surface area contributed by atoms with E-state index in [-0.39, 0.29) is 57.5 Å². The molecule has 0 aromatic heterocycles. The maximum Gasteiger partial charge on any atom is 2.00 e. The molecule has 0 amide bonds. The molecule has 6 heteroatoms. The van der Waals surface area contributed by atoms with E-state index in [2.05, 4.69) is 4.18 Å². The summed E-state index contributed by atoms with van der Waals surface area (Å²) < 4.78 is 32.6. The normalized spacial score (nSPS) is 10.1. The van der Waals surface area contributed by atoms with Crippen molar-refractivity contribution < 1.29 is 20.0 Å². The van der Waals surface area contributed by atoms with E-state index in [1.54, 1.807) is 18.2 Å². The van der Waals surface area contributed by atoms with E-state index in [0.29, 0.717) is 0 Å². The number of rotatable bonds is 2. The minimum Gasteiger partial charge on any atom is -1.00 e. The summed E-state index contributed by atoms with van der Waals surface area (Å²) in [6.07, 6.45) is 0. The Labute approximate surface area is 114 Å². The van der Waals surface area contributed by atoms with Crippen LogP contribution in [0.1, 0.15) is 2.85 Å². The van der Waals surface area contributed by atoms with Gasteiger partial charge in [0.25, 0.3) is 0 Å². The Morgan fingerprint density at radius 2 is 1.75 bits per heavy atom. The number of hydrogen-bond acceptors (Lipinski definition) is 3. The Balaban J connectivity index is -0.000000403. The molecule has 0 radical (unpaired) electrons. The molecule has 0 saturated heterocycles. The van der Waals surface area contributed by atoms with E-state index in [1.165, 1.54) is 12.1 Å². The molecule has 64 valence electrons. The summed E-state index contributed by atoms with van der Waals surface area (Å²) in [6.45, 7) is 0. The molecule has 0 fully saturated rings. The average molecular weight is 314 g/mol. The smallest absolute Gasteiger partial charge is 1.00 e. The van der Waals surface area contributed by atoms with Gasteiger partial charge in [-0.05, 0) is 12.1 Å². The fourth-order valence-corrected chi connectivity index (χ4v) is 0.952. The van der Waals surface area contributed by atoms with Crippen molar-refractivity contribution in [2.45, 2.75) is 0 Å². The van der Waals surface area contributed by atoms with Crippen molar-refractivity contribution in [3.05, 3.63) is 30.3 Å². The first-order chi connectivity index (χ1) is 5.08. The van der Waals surface area contributed by atoms with Crippen molar-refractivity contribution in [1.82, 2.24) is 0 Å². The summed E-state index contributed by atoms with van der Waals surface area (Å²) in [5.74, 6) is 0.0926. The summed E-state index contributed by atoms with van der Waals surface area (Å²) in [6, 6.07) is 7.75. The molecule has 0 spiro atoms. The predicted molar refractivity (Wildman–Crippen MR) is 46.6 cm³/mol. The molecule has 0 heterocycles.